The summed E-state index contributed by atoms with van der Waals surface area (Å²) in [5.41, 5.74) is 0. The second-order valence-electron chi connectivity index (χ2n) is 2.33. The fraction of sp³-hybridized carbons (Fsp3) is 1.00. The molecule has 1 atom stereocenters. The quantitative estimate of drug-likeness (QED) is 0.585. The van der Waals surface area contributed by atoms with Gasteiger partial charge in [0, 0.05) is 20.6 Å². The van der Waals surface area contributed by atoms with Gasteiger partial charge in [0.25, 0.3) is 0 Å². The van der Waals surface area contributed by atoms with Crippen molar-refractivity contribution in [1.29, 1.82) is 0 Å². The summed E-state index contributed by atoms with van der Waals surface area (Å²) >= 11 is 0. The van der Waals surface area contributed by atoms with Crippen molar-refractivity contribution in [3.8, 4) is 0 Å². The maximum atomic E-state index is 8.88. The lowest BCUT2D eigenvalue weighted by Gasteiger charge is -2.13. The Morgan fingerprint density at radius 2 is 1.70 bits per heavy atom. The van der Waals surface area contributed by atoms with Crippen molar-refractivity contribution >= 4 is 0 Å². The van der Waals surface area contributed by atoms with E-state index in [2.05, 4.69) is 0 Å². The zero-order chi connectivity index (χ0) is 7.98. The fourth-order valence-corrected chi connectivity index (χ4v) is 0.709. The van der Waals surface area contributed by atoms with Crippen LogP contribution >= 0.6 is 0 Å². The second-order valence-corrected chi connectivity index (χ2v) is 2.33. The van der Waals surface area contributed by atoms with Crippen molar-refractivity contribution in [2.24, 2.45) is 0 Å². The maximum absolute atomic E-state index is 8.88. The smallest absolute Gasteiger partial charge is 0.156 e. The largest absolute Gasteiger partial charge is 0.393 e. The Morgan fingerprint density at radius 3 is 2.00 bits per heavy atom. The van der Waals surface area contributed by atoms with Crippen molar-refractivity contribution in [2.45, 2.75) is 32.2 Å². The van der Waals surface area contributed by atoms with Crippen molar-refractivity contribution < 1.29 is 14.6 Å². The first kappa shape index (κ1) is 9.88. The number of aliphatic hydroxyl groups is 1. The van der Waals surface area contributed by atoms with E-state index >= 15 is 0 Å². The summed E-state index contributed by atoms with van der Waals surface area (Å²) in [5.74, 6) is 0. The van der Waals surface area contributed by atoms with Crippen molar-refractivity contribution in [2.75, 3.05) is 14.2 Å². The standard InChI is InChI=1S/C7H16O3/c1-6(8)4-5-7(9-2)10-3/h6-8H,4-5H2,1-3H3. The Labute approximate surface area is 62.0 Å². The van der Waals surface area contributed by atoms with E-state index in [-0.39, 0.29) is 12.4 Å². The summed E-state index contributed by atoms with van der Waals surface area (Å²) in [6, 6.07) is 0. The van der Waals surface area contributed by atoms with Gasteiger partial charge in [0.05, 0.1) is 6.10 Å². The molecule has 0 aliphatic carbocycles. The van der Waals surface area contributed by atoms with Gasteiger partial charge in [-0.05, 0) is 13.3 Å². The molecule has 0 aliphatic heterocycles. The van der Waals surface area contributed by atoms with Gasteiger partial charge in [-0.25, -0.2) is 0 Å². The molecule has 3 nitrogen and oxygen atoms in total. The van der Waals surface area contributed by atoms with Crippen LogP contribution in [0.25, 0.3) is 0 Å². The van der Waals surface area contributed by atoms with Gasteiger partial charge in [0.2, 0.25) is 0 Å². The summed E-state index contributed by atoms with van der Waals surface area (Å²) in [4.78, 5) is 0. The third-order valence-corrected chi connectivity index (χ3v) is 1.35. The first-order valence-electron chi connectivity index (χ1n) is 3.44. The molecule has 62 valence electrons. The monoisotopic (exact) mass is 148 g/mol. The topological polar surface area (TPSA) is 38.7 Å². The van der Waals surface area contributed by atoms with Gasteiger partial charge in [-0.3, -0.25) is 0 Å². The lowest BCUT2D eigenvalue weighted by Crippen LogP contribution is -2.15. The predicted octanol–water partition coefficient (Wildman–Crippen LogP) is 0.766. The number of methoxy groups -OCH3 is 2. The molecule has 0 rings (SSSR count). The van der Waals surface area contributed by atoms with Gasteiger partial charge < -0.3 is 14.6 Å². The van der Waals surface area contributed by atoms with Gasteiger partial charge in [-0.1, -0.05) is 0 Å². The Kier molecular flexibility index (Phi) is 5.58. The molecule has 0 radical (unpaired) electrons. The highest BCUT2D eigenvalue weighted by molar-refractivity contribution is 4.49. The number of hydrogen-bond acceptors (Lipinski definition) is 3. The first-order valence-corrected chi connectivity index (χ1v) is 3.44. The van der Waals surface area contributed by atoms with Gasteiger partial charge in [0.15, 0.2) is 6.29 Å². The van der Waals surface area contributed by atoms with Gasteiger partial charge in [-0.15, -0.1) is 0 Å². The van der Waals surface area contributed by atoms with Crippen molar-refractivity contribution in [3.05, 3.63) is 0 Å². The molecule has 0 aromatic heterocycles. The zero-order valence-electron chi connectivity index (χ0n) is 6.83. The maximum Gasteiger partial charge on any atom is 0.156 e. The Morgan fingerprint density at radius 1 is 1.20 bits per heavy atom. The van der Waals surface area contributed by atoms with Crippen molar-refractivity contribution in [1.82, 2.24) is 0 Å². The molecule has 0 aromatic carbocycles. The van der Waals surface area contributed by atoms with E-state index in [9.17, 15) is 0 Å². The van der Waals surface area contributed by atoms with Crippen LogP contribution in [0.3, 0.4) is 0 Å². The highest BCUT2D eigenvalue weighted by Gasteiger charge is 2.05. The van der Waals surface area contributed by atoms with E-state index in [0.717, 1.165) is 6.42 Å². The van der Waals surface area contributed by atoms with E-state index < -0.39 is 0 Å². The minimum atomic E-state index is -0.271. The Hall–Kier alpha value is -0.120. The van der Waals surface area contributed by atoms with Gasteiger partial charge in [-0.2, -0.15) is 0 Å². The third-order valence-electron chi connectivity index (χ3n) is 1.35. The minimum absolute atomic E-state index is 0.172. The Bertz CT molecular complexity index is 69.3. The molecule has 0 spiro atoms. The molecule has 1 N–H and O–H groups in total. The predicted molar refractivity (Wildman–Crippen MR) is 38.7 cm³/mol. The molecule has 1 unspecified atom stereocenters. The molecule has 0 heterocycles. The number of aliphatic hydroxyl groups excluding tert-OH is 1. The lowest BCUT2D eigenvalue weighted by atomic mass is 10.2. The van der Waals surface area contributed by atoms with Gasteiger partial charge >= 0.3 is 0 Å². The summed E-state index contributed by atoms with van der Waals surface area (Å²) < 4.78 is 9.83. The highest BCUT2D eigenvalue weighted by atomic mass is 16.7. The van der Waals surface area contributed by atoms with E-state index in [1.165, 1.54) is 0 Å². The molecule has 10 heavy (non-hydrogen) atoms. The third kappa shape index (κ3) is 4.73. The van der Waals surface area contributed by atoms with Crippen LogP contribution in [0.1, 0.15) is 19.8 Å². The molecular formula is C7H16O3. The summed E-state index contributed by atoms with van der Waals surface area (Å²) in [5, 5.41) is 8.88. The summed E-state index contributed by atoms with van der Waals surface area (Å²) in [6.07, 6.45) is 1.01. The summed E-state index contributed by atoms with van der Waals surface area (Å²) in [7, 11) is 3.19. The number of rotatable bonds is 5. The zero-order valence-corrected chi connectivity index (χ0v) is 6.83. The van der Waals surface area contributed by atoms with E-state index in [0.29, 0.717) is 6.42 Å². The number of hydrogen-bond donors (Lipinski definition) is 1. The molecule has 0 bridgehead atoms. The lowest BCUT2D eigenvalue weighted by molar-refractivity contribution is -0.110. The van der Waals surface area contributed by atoms with Gasteiger partial charge in [0.1, 0.15) is 0 Å². The molecule has 0 saturated heterocycles. The van der Waals surface area contributed by atoms with E-state index in [1.807, 2.05) is 0 Å². The van der Waals surface area contributed by atoms with E-state index in [1.54, 1.807) is 21.1 Å². The SMILES string of the molecule is COC(CCC(C)O)OC. The van der Waals surface area contributed by atoms with Crippen molar-refractivity contribution in [3.63, 3.8) is 0 Å². The van der Waals surface area contributed by atoms with Crippen LogP contribution in [0.15, 0.2) is 0 Å². The molecule has 0 saturated carbocycles. The van der Waals surface area contributed by atoms with E-state index in [4.69, 9.17) is 14.6 Å². The molecule has 0 aliphatic rings. The average Bonchev–Trinajstić information content (AvgIpc) is 1.90. The second kappa shape index (κ2) is 5.65. The fourth-order valence-electron chi connectivity index (χ4n) is 0.709. The molecule has 0 fully saturated rings. The highest BCUT2D eigenvalue weighted by Crippen LogP contribution is 2.04. The minimum Gasteiger partial charge on any atom is -0.393 e. The van der Waals surface area contributed by atoms with Crippen LogP contribution in [0.2, 0.25) is 0 Å². The molecule has 0 amide bonds. The molecule has 0 aromatic rings. The van der Waals surface area contributed by atoms with Crippen LogP contribution in [0.4, 0.5) is 0 Å². The van der Waals surface area contributed by atoms with Crippen LogP contribution in [0, 0.1) is 0 Å². The normalized spacial score (nSPS) is 14.1. The molecule has 3 heteroatoms. The van der Waals surface area contributed by atoms with Crippen LogP contribution in [-0.2, 0) is 9.47 Å². The Balaban J connectivity index is 3.26. The first-order chi connectivity index (χ1) is 4.70. The average molecular weight is 148 g/mol. The number of ether oxygens (including phenoxy) is 2. The van der Waals surface area contributed by atoms with Crippen LogP contribution in [-0.4, -0.2) is 31.7 Å². The van der Waals surface area contributed by atoms with Crippen LogP contribution in [0.5, 0.6) is 0 Å². The van der Waals surface area contributed by atoms with Crippen LogP contribution < -0.4 is 0 Å². The molecular weight excluding hydrogens is 132 g/mol. The summed E-state index contributed by atoms with van der Waals surface area (Å²) in [6.45, 7) is 1.75.